The van der Waals surface area contributed by atoms with Crippen LogP contribution in [0.1, 0.15) is 6.42 Å². The Labute approximate surface area is 163 Å². The summed E-state index contributed by atoms with van der Waals surface area (Å²) in [7, 11) is 0. The second kappa shape index (κ2) is 8.62. The van der Waals surface area contributed by atoms with E-state index in [1.165, 1.54) is 0 Å². The van der Waals surface area contributed by atoms with Gasteiger partial charge in [-0.15, -0.1) is 11.3 Å². The lowest BCUT2D eigenvalue weighted by atomic mass is 10.3. The van der Waals surface area contributed by atoms with E-state index >= 15 is 0 Å². The number of carbonyl (C=O) groups excluding carboxylic acids is 1. The highest BCUT2D eigenvalue weighted by atomic mass is 32.1. The molecule has 0 saturated carbocycles. The smallest absolute Gasteiger partial charge is 0.236 e. The highest BCUT2D eigenvalue weighted by Crippen LogP contribution is 2.19. The minimum atomic E-state index is 0.228. The van der Waals surface area contributed by atoms with Crippen LogP contribution in [-0.2, 0) is 4.79 Å². The second-order valence-corrected chi connectivity index (χ2v) is 7.72. The lowest BCUT2D eigenvalue weighted by molar-refractivity contribution is -0.132. The van der Waals surface area contributed by atoms with Gasteiger partial charge in [0.05, 0.1) is 6.54 Å². The van der Waals surface area contributed by atoms with Crippen LogP contribution in [0.25, 0.3) is 0 Å². The average Bonchev–Trinajstić information content (AvgIpc) is 3.16. The first-order chi connectivity index (χ1) is 13.3. The molecule has 0 bridgehead atoms. The molecule has 2 saturated heterocycles. The van der Waals surface area contributed by atoms with Crippen LogP contribution in [0.4, 0.5) is 11.1 Å². The van der Waals surface area contributed by atoms with Gasteiger partial charge in [-0.1, -0.05) is 0 Å². The summed E-state index contributed by atoms with van der Waals surface area (Å²) in [5.41, 5.74) is 0. The number of amides is 1. The summed E-state index contributed by atoms with van der Waals surface area (Å²) >= 11 is 1.68. The molecule has 2 aromatic heterocycles. The Balaban J connectivity index is 1.25. The summed E-state index contributed by atoms with van der Waals surface area (Å²) < 4.78 is 0. The molecule has 9 heteroatoms. The van der Waals surface area contributed by atoms with Crippen LogP contribution in [0.3, 0.4) is 0 Å². The molecule has 4 rings (SSSR count). The minimum absolute atomic E-state index is 0.228. The Bertz CT molecular complexity index is 719. The molecule has 0 unspecified atom stereocenters. The predicted molar refractivity (Wildman–Crippen MR) is 106 cm³/mol. The van der Waals surface area contributed by atoms with Crippen LogP contribution in [0.5, 0.6) is 0 Å². The maximum absolute atomic E-state index is 12.7. The topological polar surface area (TPSA) is 68.7 Å². The Kier molecular flexibility index (Phi) is 5.78. The molecule has 2 fully saturated rings. The van der Waals surface area contributed by atoms with Crippen molar-refractivity contribution < 1.29 is 4.79 Å². The molecular weight excluding hydrogens is 362 g/mol. The molecule has 2 aliphatic heterocycles. The summed E-state index contributed by atoms with van der Waals surface area (Å²) in [6.07, 6.45) is 6.43. The standard InChI is InChI=1S/C18H25N7OS/c26-16(23-10-12-24(13-11-23)17-19-3-1-4-20-17)15-22-6-2-7-25(9-8-22)18-21-5-14-27-18/h1,3-5,14H,2,6-13,15H2. The van der Waals surface area contributed by atoms with Crippen LogP contribution < -0.4 is 9.80 Å². The summed E-state index contributed by atoms with van der Waals surface area (Å²) in [5, 5.41) is 3.10. The van der Waals surface area contributed by atoms with Gasteiger partial charge in [0.2, 0.25) is 11.9 Å². The van der Waals surface area contributed by atoms with E-state index in [9.17, 15) is 4.79 Å². The van der Waals surface area contributed by atoms with E-state index in [1.807, 2.05) is 22.5 Å². The van der Waals surface area contributed by atoms with E-state index in [0.29, 0.717) is 6.54 Å². The SMILES string of the molecule is O=C(CN1CCCN(c2nccs2)CC1)N1CCN(c2ncccn2)CC1. The van der Waals surface area contributed by atoms with Crippen molar-refractivity contribution in [1.82, 2.24) is 24.8 Å². The van der Waals surface area contributed by atoms with Crippen molar-refractivity contribution >= 4 is 28.3 Å². The maximum atomic E-state index is 12.7. The first-order valence-corrected chi connectivity index (χ1v) is 10.3. The molecule has 0 atom stereocenters. The fourth-order valence-corrected chi connectivity index (χ4v) is 4.29. The van der Waals surface area contributed by atoms with Crippen LogP contribution in [0, 0.1) is 0 Å². The molecule has 0 N–H and O–H groups in total. The lowest BCUT2D eigenvalue weighted by Crippen LogP contribution is -2.51. The highest BCUT2D eigenvalue weighted by Gasteiger charge is 2.25. The number of anilines is 2. The van der Waals surface area contributed by atoms with Crippen molar-refractivity contribution in [2.24, 2.45) is 0 Å². The molecule has 0 radical (unpaired) electrons. The van der Waals surface area contributed by atoms with Gasteiger partial charge in [-0.3, -0.25) is 9.69 Å². The number of rotatable bonds is 4. The molecule has 1 amide bonds. The van der Waals surface area contributed by atoms with E-state index in [2.05, 4.69) is 29.7 Å². The van der Waals surface area contributed by atoms with E-state index in [1.54, 1.807) is 23.7 Å². The summed E-state index contributed by atoms with van der Waals surface area (Å²) in [5.74, 6) is 0.978. The van der Waals surface area contributed by atoms with Gasteiger partial charge in [0, 0.05) is 76.3 Å². The molecule has 0 spiro atoms. The molecule has 27 heavy (non-hydrogen) atoms. The van der Waals surface area contributed by atoms with E-state index in [0.717, 1.165) is 69.9 Å². The normalized spacial score (nSPS) is 19.2. The molecule has 0 aromatic carbocycles. The average molecular weight is 388 g/mol. The van der Waals surface area contributed by atoms with Crippen LogP contribution in [-0.4, -0.2) is 89.6 Å². The number of hydrogen-bond donors (Lipinski definition) is 0. The van der Waals surface area contributed by atoms with Crippen molar-refractivity contribution in [3.63, 3.8) is 0 Å². The summed E-state index contributed by atoms with van der Waals surface area (Å²) in [6, 6.07) is 1.82. The van der Waals surface area contributed by atoms with Gasteiger partial charge in [0.25, 0.3) is 0 Å². The highest BCUT2D eigenvalue weighted by molar-refractivity contribution is 7.13. The largest absolute Gasteiger partial charge is 0.347 e. The first-order valence-electron chi connectivity index (χ1n) is 9.46. The van der Waals surface area contributed by atoms with Crippen LogP contribution >= 0.6 is 11.3 Å². The third-order valence-electron chi connectivity index (χ3n) is 5.10. The van der Waals surface area contributed by atoms with Crippen molar-refractivity contribution in [2.45, 2.75) is 6.42 Å². The Morgan fingerprint density at radius 3 is 2.41 bits per heavy atom. The molecule has 8 nitrogen and oxygen atoms in total. The molecule has 144 valence electrons. The van der Waals surface area contributed by atoms with E-state index < -0.39 is 0 Å². The molecular formula is C18H25N7OS. The number of carbonyl (C=O) groups is 1. The zero-order chi connectivity index (χ0) is 18.5. The second-order valence-electron chi connectivity index (χ2n) is 6.85. The van der Waals surface area contributed by atoms with Gasteiger partial charge in [0.1, 0.15) is 0 Å². The first kappa shape index (κ1) is 18.1. The molecule has 0 aliphatic carbocycles. The number of aromatic nitrogens is 3. The monoisotopic (exact) mass is 387 g/mol. The quantitative estimate of drug-likeness (QED) is 0.768. The predicted octanol–water partition coefficient (Wildman–Crippen LogP) is 0.794. The third kappa shape index (κ3) is 4.54. The van der Waals surface area contributed by atoms with Crippen molar-refractivity contribution in [3.8, 4) is 0 Å². The van der Waals surface area contributed by atoms with Gasteiger partial charge in [-0.05, 0) is 12.5 Å². The van der Waals surface area contributed by atoms with Crippen molar-refractivity contribution in [2.75, 3.05) is 68.7 Å². The molecule has 4 heterocycles. The molecule has 2 aliphatic rings. The number of hydrogen-bond acceptors (Lipinski definition) is 8. The van der Waals surface area contributed by atoms with E-state index in [-0.39, 0.29) is 5.91 Å². The molecule has 2 aromatic rings. The van der Waals surface area contributed by atoms with Gasteiger partial charge in [0.15, 0.2) is 5.13 Å². The number of piperazine rings is 1. The zero-order valence-electron chi connectivity index (χ0n) is 15.4. The minimum Gasteiger partial charge on any atom is -0.347 e. The van der Waals surface area contributed by atoms with Crippen molar-refractivity contribution in [3.05, 3.63) is 30.0 Å². The summed E-state index contributed by atoms with van der Waals surface area (Å²) in [4.78, 5) is 34.5. The van der Waals surface area contributed by atoms with Gasteiger partial charge in [-0.25, -0.2) is 15.0 Å². The van der Waals surface area contributed by atoms with Crippen LogP contribution in [0.15, 0.2) is 30.0 Å². The van der Waals surface area contributed by atoms with Crippen molar-refractivity contribution in [1.29, 1.82) is 0 Å². The Morgan fingerprint density at radius 2 is 1.67 bits per heavy atom. The Morgan fingerprint density at radius 1 is 0.889 bits per heavy atom. The van der Waals surface area contributed by atoms with Gasteiger partial charge >= 0.3 is 0 Å². The van der Waals surface area contributed by atoms with Crippen LogP contribution in [0.2, 0.25) is 0 Å². The summed E-state index contributed by atoms with van der Waals surface area (Å²) in [6.45, 7) is 7.35. The number of nitrogens with zero attached hydrogens (tertiary/aromatic N) is 7. The third-order valence-corrected chi connectivity index (χ3v) is 5.94. The van der Waals surface area contributed by atoms with Gasteiger partial charge < -0.3 is 14.7 Å². The fraction of sp³-hybridized carbons (Fsp3) is 0.556. The van der Waals surface area contributed by atoms with E-state index in [4.69, 9.17) is 0 Å². The fourth-order valence-electron chi connectivity index (χ4n) is 3.59. The number of thiazole rings is 1. The Hall–Kier alpha value is -2.26. The lowest BCUT2D eigenvalue weighted by Gasteiger charge is -2.35. The van der Waals surface area contributed by atoms with Gasteiger partial charge in [-0.2, -0.15) is 0 Å². The maximum Gasteiger partial charge on any atom is 0.236 e. The zero-order valence-corrected chi connectivity index (χ0v) is 16.2.